The fourth-order valence-corrected chi connectivity index (χ4v) is 4.45. The quantitative estimate of drug-likeness (QED) is 0.790. The molecule has 168 valence electrons. The molecule has 0 spiro atoms. The molecule has 4 rings (SSSR count). The number of nitrogens with zero attached hydrogens (tertiary/aromatic N) is 2. The Labute approximate surface area is 187 Å². The molecule has 7 heteroatoms. The Balaban J connectivity index is 1.40. The molecule has 2 aliphatic heterocycles. The van der Waals surface area contributed by atoms with Crippen molar-refractivity contribution in [2.24, 2.45) is 5.92 Å². The van der Waals surface area contributed by atoms with Gasteiger partial charge in [-0.25, -0.2) is 4.39 Å². The Bertz CT molecular complexity index is 1010. The molecule has 0 unspecified atom stereocenters. The maximum Gasteiger partial charge on any atom is 0.255 e. The van der Waals surface area contributed by atoms with Crippen LogP contribution in [0.4, 0.5) is 10.1 Å². The summed E-state index contributed by atoms with van der Waals surface area (Å²) in [7, 11) is 0. The number of hydrogen-bond donors (Lipinski definition) is 1. The zero-order valence-electron chi connectivity index (χ0n) is 18.3. The van der Waals surface area contributed by atoms with Crippen molar-refractivity contribution in [3.63, 3.8) is 0 Å². The van der Waals surface area contributed by atoms with Crippen molar-refractivity contribution < 1.29 is 18.8 Å². The molecule has 2 aromatic carbocycles. The number of hydrogen-bond acceptors (Lipinski definition) is 3. The highest BCUT2D eigenvalue weighted by molar-refractivity contribution is 6.05. The molecular weight excluding hydrogens is 409 g/mol. The average Bonchev–Trinajstić information content (AvgIpc) is 3.35. The predicted molar refractivity (Wildman–Crippen MR) is 120 cm³/mol. The van der Waals surface area contributed by atoms with Gasteiger partial charge in [-0.05, 0) is 68.5 Å². The number of rotatable bonds is 4. The molecule has 6 nitrogen and oxygen atoms in total. The van der Waals surface area contributed by atoms with Gasteiger partial charge in [0.1, 0.15) is 5.82 Å². The fraction of sp³-hybridized carbons (Fsp3) is 0.400. The summed E-state index contributed by atoms with van der Waals surface area (Å²) in [5.74, 6) is -0.927. The zero-order chi connectivity index (χ0) is 22.7. The van der Waals surface area contributed by atoms with Gasteiger partial charge in [0.15, 0.2) is 0 Å². The van der Waals surface area contributed by atoms with Crippen molar-refractivity contribution in [3.05, 3.63) is 65.0 Å². The smallest absolute Gasteiger partial charge is 0.255 e. The normalized spacial score (nSPS) is 16.8. The first-order valence-electron chi connectivity index (χ1n) is 11.2. The SMILES string of the molecule is Cc1cccc(C(=O)N2CCCC2)c1NC(=O)C1CCN(C(=O)c2ccc(F)cc2)CC1. The molecule has 2 fully saturated rings. The van der Waals surface area contributed by atoms with Gasteiger partial charge in [0.05, 0.1) is 11.3 Å². The molecule has 2 aliphatic rings. The molecule has 0 aliphatic carbocycles. The van der Waals surface area contributed by atoms with Gasteiger partial charge in [-0.15, -0.1) is 0 Å². The number of carbonyl (C=O) groups is 3. The summed E-state index contributed by atoms with van der Waals surface area (Å²) in [4.78, 5) is 42.1. The standard InChI is InChI=1S/C25H28FN3O3/c1-17-5-4-6-21(25(32)28-13-2-3-14-28)22(17)27-23(30)18-11-15-29(16-12-18)24(31)19-7-9-20(26)10-8-19/h4-10,18H,2-3,11-16H2,1H3,(H,27,30). The Morgan fingerprint density at radius 2 is 1.50 bits per heavy atom. The Morgan fingerprint density at radius 1 is 0.875 bits per heavy atom. The number of amides is 3. The largest absolute Gasteiger partial charge is 0.339 e. The van der Waals surface area contributed by atoms with Crippen LogP contribution in [-0.4, -0.2) is 53.7 Å². The number of para-hydroxylation sites is 1. The second-order valence-electron chi connectivity index (χ2n) is 8.56. The monoisotopic (exact) mass is 437 g/mol. The zero-order valence-corrected chi connectivity index (χ0v) is 18.3. The highest BCUT2D eigenvalue weighted by Gasteiger charge is 2.29. The molecular formula is C25H28FN3O3. The lowest BCUT2D eigenvalue weighted by molar-refractivity contribution is -0.121. The van der Waals surface area contributed by atoms with Crippen molar-refractivity contribution in [2.45, 2.75) is 32.6 Å². The highest BCUT2D eigenvalue weighted by atomic mass is 19.1. The topological polar surface area (TPSA) is 69.7 Å². The van der Waals surface area contributed by atoms with Gasteiger partial charge in [0, 0.05) is 37.7 Å². The van der Waals surface area contributed by atoms with Crippen molar-refractivity contribution in [3.8, 4) is 0 Å². The summed E-state index contributed by atoms with van der Waals surface area (Å²) < 4.78 is 13.1. The Morgan fingerprint density at radius 3 is 2.16 bits per heavy atom. The van der Waals surface area contributed by atoms with E-state index >= 15 is 0 Å². The number of halogens is 1. The van der Waals surface area contributed by atoms with E-state index in [9.17, 15) is 18.8 Å². The molecule has 0 radical (unpaired) electrons. The summed E-state index contributed by atoms with van der Waals surface area (Å²) in [5.41, 5.74) is 2.41. The van der Waals surface area contributed by atoms with Crippen LogP contribution in [0, 0.1) is 18.7 Å². The summed E-state index contributed by atoms with van der Waals surface area (Å²) in [5, 5.41) is 3.00. The predicted octanol–water partition coefficient (Wildman–Crippen LogP) is 3.86. The van der Waals surface area contributed by atoms with Crippen LogP contribution in [-0.2, 0) is 4.79 Å². The van der Waals surface area contributed by atoms with E-state index in [4.69, 9.17) is 0 Å². The van der Waals surface area contributed by atoms with E-state index in [-0.39, 0.29) is 29.5 Å². The van der Waals surface area contributed by atoms with Crippen LogP contribution in [0.5, 0.6) is 0 Å². The van der Waals surface area contributed by atoms with E-state index in [0.29, 0.717) is 42.7 Å². The third-order valence-electron chi connectivity index (χ3n) is 6.39. The van der Waals surface area contributed by atoms with Gasteiger partial charge in [-0.3, -0.25) is 14.4 Å². The van der Waals surface area contributed by atoms with Crippen molar-refractivity contribution in [1.29, 1.82) is 0 Å². The molecule has 0 saturated carbocycles. The minimum absolute atomic E-state index is 0.0405. The average molecular weight is 438 g/mol. The van der Waals surface area contributed by atoms with E-state index in [2.05, 4.69) is 5.32 Å². The maximum atomic E-state index is 13.1. The lowest BCUT2D eigenvalue weighted by Gasteiger charge is -2.31. The van der Waals surface area contributed by atoms with Gasteiger partial charge in [-0.1, -0.05) is 12.1 Å². The molecule has 32 heavy (non-hydrogen) atoms. The Kier molecular flexibility index (Phi) is 6.53. The minimum Gasteiger partial charge on any atom is -0.339 e. The van der Waals surface area contributed by atoms with E-state index in [0.717, 1.165) is 31.5 Å². The molecule has 2 heterocycles. The van der Waals surface area contributed by atoms with Gasteiger partial charge >= 0.3 is 0 Å². The van der Waals surface area contributed by atoms with Crippen LogP contribution < -0.4 is 5.32 Å². The molecule has 0 bridgehead atoms. The van der Waals surface area contributed by atoms with Crippen molar-refractivity contribution in [1.82, 2.24) is 9.80 Å². The first kappa shape index (κ1) is 22.0. The fourth-order valence-electron chi connectivity index (χ4n) is 4.45. The second-order valence-corrected chi connectivity index (χ2v) is 8.56. The third kappa shape index (κ3) is 4.66. The van der Waals surface area contributed by atoms with Gasteiger partial charge < -0.3 is 15.1 Å². The number of aryl methyl sites for hydroxylation is 1. The number of anilines is 1. The summed E-state index contributed by atoms with van der Waals surface area (Å²) in [6, 6.07) is 11.0. The number of nitrogens with one attached hydrogen (secondary N) is 1. The number of benzene rings is 2. The highest BCUT2D eigenvalue weighted by Crippen LogP contribution is 2.27. The first-order chi connectivity index (χ1) is 15.4. The van der Waals surface area contributed by atoms with Crippen molar-refractivity contribution in [2.75, 3.05) is 31.5 Å². The molecule has 2 aromatic rings. The van der Waals surface area contributed by atoms with Crippen LogP contribution in [0.1, 0.15) is 52.0 Å². The van der Waals surface area contributed by atoms with Crippen LogP contribution in [0.25, 0.3) is 0 Å². The molecule has 3 amide bonds. The first-order valence-corrected chi connectivity index (χ1v) is 11.2. The van der Waals surface area contributed by atoms with Crippen LogP contribution in [0.15, 0.2) is 42.5 Å². The third-order valence-corrected chi connectivity index (χ3v) is 6.39. The summed E-state index contributed by atoms with van der Waals surface area (Å²) >= 11 is 0. The lowest BCUT2D eigenvalue weighted by Crippen LogP contribution is -2.41. The second kappa shape index (κ2) is 9.51. The summed E-state index contributed by atoms with van der Waals surface area (Å²) in [6.45, 7) is 4.31. The summed E-state index contributed by atoms with van der Waals surface area (Å²) in [6.07, 6.45) is 3.10. The van der Waals surface area contributed by atoms with E-state index < -0.39 is 0 Å². The van der Waals surface area contributed by atoms with E-state index in [1.54, 1.807) is 11.0 Å². The van der Waals surface area contributed by atoms with Crippen LogP contribution in [0.3, 0.4) is 0 Å². The maximum absolute atomic E-state index is 13.1. The molecule has 0 atom stereocenters. The van der Waals surface area contributed by atoms with E-state index in [1.165, 1.54) is 24.3 Å². The van der Waals surface area contributed by atoms with Gasteiger partial charge in [-0.2, -0.15) is 0 Å². The minimum atomic E-state index is -0.379. The lowest BCUT2D eigenvalue weighted by atomic mass is 9.94. The Hall–Kier alpha value is -3.22. The van der Waals surface area contributed by atoms with Crippen LogP contribution in [0.2, 0.25) is 0 Å². The number of carbonyl (C=O) groups excluding carboxylic acids is 3. The van der Waals surface area contributed by atoms with Crippen LogP contribution >= 0.6 is 0 Å². The molecule has 1 N–H and O–H groups in total. The van der Waals surface area contributed by atoms with Gasteiger partial charge in [0.25, 0.3) is 11.8 Å². The van der Waals surface area contributed by atoms with E-state index in [1.807, 2.05) is 24.0 Å². The number of piperidine rings is 1. The van der Waals surface area contributed by atoms with Gasteiger partial charge in [0.2, 0.25) is 5.91 Å². The number of likely N-dealkylation sites (tertiary alicyclic amines) is 2. The van der Waals surface area contributed by atoms with Crippen molar-refractivity contribution >= 4 is 23.4 Å². The molecule has 2 saturated heterocycles. The molecule has 0 aromatic heterocycles.